The van der Waals surface area contributed by atoms with Gasteiger partial charge in [0.2, 0.25) is 0 Å². The molecule has 1 heterocycles. The molecular weight excluding hydrogens is 299 g/mol. The lowest BCUT2D eigenvalue weighted by Gasteiger charge is -2.12. The van der Waals surface area contributed by atoms with Crippen LogP contribution in [0.4, 0.5) is 0 Å². The van der Waals surface area contributed by atoms with E-state index < -0.39 is 0 Å². The Labute approximate surface area is 127 Å². The molecule has 0 saturated carbocycles. The van der Waals surface area contributed by atoms with E-state index in [1.165, 1.54) is 0 Å². The third-order valence-corrected chi connectivity index (χ3v) is 4.67. The first-order valence-electron chi connectivity index (χ1n) is 5.88. The van der Waals surface area contributed by atoms with E-state index >= 15 is 0 Å². The summed E-state index contributed by atoms with van der Waals surface area (Å²) in [7, 11) is 0. The average Bonchev–Trinajstić information content (AvgIpc) is 2.40. The van der Waals surface area contributed by atoms with E-state index in [4.69, 9.17) is 28.9 Å². The fourth-order valence-corrected chi connectivity index (χ4v) is 3.06. The largest absolute Gasteiger partial charge is 0.327 e. The molecule has 1 aromatic heterocycles. The van der Waals surface area contributed by atoms with Crippen molar-refractivity contribution >= 4 is 35.0 Å². The molecule has 0 radical (unpaired) electrons. The number of nitrogens with two attached hydrogens (primary N) is 1. The third-order valence-electron chi connectivity index (χ3n) is 2.63. The molecule has 0 aliphatic carbocycles. The van der Waals surface area contributed by atoms with Crippen molar-refractivity contribution in [3.63, 3.8) is 0 Å². The highest BCUT2D eigenvalue weighted by Crippen LogP contribution is 2.27. The topological polar surface area (TPSA) is 38.9 Å². The zero-order chi connectivity index (χ0) is 13.7. The van der Waals surface area contributed by atoms with Crippen molar-refractivity contribution in [3.8, 4) is 0 Å². The monoisotopic (exact) mass is 312 g/mol. The quantitative estimate of drug-likeness (QED) is 0.846. The van der Waals surface area contributed by atoms with Gasteiger partial charge in [-0.1, -0.05) is 35.3 Å². The van der Waals surface area contributed by atoms with E-state index in [1.807, 2.05) is 30.3 Å². The number of benzene rings is 1. The van der Waals surface area contributed by atoms with Gasteiger partial charge in [0.15, 0.2) is 0 Å². The maximum atomic E-state index is 6.13. The summed E-state index contributed by atoms with van der Waals surface area (Å²) in [5.74, 6) is 0.794. The molecule has 0 saturated heterocycles. The molecule has 2 N–H and O–H groups in total. The van der Waals surface area contributed by atoms with Crippen LogP contribution in [0.25, 0.3) is 0 Å². The molecule has 0 amide bonds. The molecular formula is C14H14Cl2N2S. The van der Waals surface area contributed by atoms with E-state index in [0.29, 0.717) is 5.02 Å². The van der Waals surface area contributed by atoms with E-state index in [2.05, 4.69) is 4.98 Å². The molecule has 0 aliphatic heterocycles. The lowest BCUT2D eigenvalue weighted by molar-refractivity contribution is 0.748. The lowest BCUT2D eigenvalue weighted by Crippen LogP contribution is -2.25. The minimum absolute atomic E-state index is 0.0289. The second-order valence-electron chi connectivity index (χ2n) is 4.17. The predicted molar refractivity (Wildman–Crippen MR) is 83.1 cm³/mol. The van der Waals surface area contributed by atoms with Gasteiger partial charge in [-0.3, -0.25) is 4.98 Å². The molecule has 5 heteroatoms. The minimum atomic E-state index is 0.0289. The molecule has 0 bridgehead atoms. The second kappa shape index (κ2) is 7.15. The Morgan fingerprint density at radius 3 is 2.68 bits per heavy atom. The maximum Gasteiger partial charge on any atom is 0.0621 e. The molecule has 100 valence electrons. The Bertz CT molecular complexity index is 548. The lowest BCUT2D eigenvalue weighted by atomic mass is 10.1. The second-order valence-corrected chi connectivity index (χ2v) is 6.05. The summed E-state index contributed by atoms with van der Waals surface area (Å²) in [5.41, 5.74) is 7.16. The first kappa shape index (κ1) is 14.7. The Morgan fingerprint density at radius 2 is 1.95 bits per heavy atom. The van der Waals surface area contributed by atoms with Crippen molar-refractivity contribution in [3.05, 3.63) is 58.3 Å². The Hall–Kier alpha value is -0.740. The van der Waals surface area contributed by atoms with Crippen LogP contribution in [0, 0.1) is 0 Å². The normalized spacial score (nSPS) is 12.4. The van der Waals surface area contributed by atoms with Crippen LogP contribution in [-0.4, -0.2) is 16.8 Å². The van der Waals surface area contributed by atoms with Crippen molar-refractivity contribution in [2.45, 2.75) is 17.4 Å². The molecule has 1 unspecified atom stereocenters. The number of pyridine rings is 1. The number of thioether (sulfide) groups is 1. The van der Waals surface area contributed by atoms with Gasteiger partial charge < -0.3 is 5.73 Å². The van der Waals surface area contributed by atoms with E-state index in [1.54, 1.807) is 24.2 Å². The van der Waals surface area contributed by atoms with Crippen LogP contribution in [0.3, 0.4) is 0 Å². The van der Waals surface area contributed by atoms with Crippen molar-refractivity contribution < 1.29 is 0 Å². The summed E-state index contributed by atoms with van der Waals surface area (Å²) in [6, 6.07) is 9.71. The summed E-state index contributed by atoms with van der Waals surface area (Å²) in [4.78, 5) is 5.02. The van der Waals surface area contributed by atoms with Crippen molar-refractivity contribution in [2.75, 3.05) is 5.75 Å². The molecule has 2 nitrogen and oxygen atoms in total. The number of nitrogens with zero attached hydrogens (tertiary/aromatic N) is 1. The van der Waals surface area contributed by atoms with Gasteiger partial charge in [0.25, 0.3) is 0 Å². The van der Waals surface area contributed by atoms with Crippen molar-refractivity contribution in [1.82, 2.24) is 4.98 Å². The number of hydrogen-bond donors (Lipinski definition) is 1. The van der Waals surface area contributed by atoms with E-state index in [9.17, 15) is 0 Å². The highest BCUT2D eigenvalue weighted by atomic mass is 35.5. The van der Waals surface area contributed by atoms with Gasteiger partial charge in [0.1, 0.15) is 0 Å². The summed E-state index contributed by atoms with van der Waals surface area (Å²) < 4.78 is 0. The number of aromatic nitrogens is 1. The Balaban J connectivity index is 1.90. The van der Waals surface area contributed by atoms with Gasteiger partial charge >= 0.3 is 0 Å². The molecule has 2 aromatic rings. The van der Waals surface area contributed by atoms with Gasteiger partial charge in [-0.05, 0) is 30.2 Å². The fraction of sp³-hybridized carbons (Fsp3) is 0.214. The zero-order valence-corrected chi connectivity index (χ0v) is 12.6. The maximum absolute atomic E-state index is 6.13. The summed E-state index contributed by atoms with van der Waals surface area (Å²) >= 11 is 13.8. The first-order valence-corrected chi connectivity index (χ1v) is 7.62. The molecule has 0 aliphatic rings. The standard InChI is InChI=1S/C14H14Cl2N2S/c15-12-3-1-2-4-14(12)19-9-11(17)7-10-5-6-18-8-13(10)16/h1-6,8,11H,7,9,17H2. The highest BCUT2D eigenvalue weighted by molar-refractivity contribution is 7.99. The molecule has 19 heavy (non-hydrogen) atoms. The summed E-state index contributed by atoms with van der Waals surface area (Å²) in [6.07, 6.45) is 4.11. The van der Waals surface area contributed by atoms with Gasteiger partial charge in [-0.15, -0.1) is 11.8 Å². The van der Waals surface area contributed by atoms with E-state index in [-0.39, 0.29) is 6.04 Å². The van der Waals surface area contributed by atoms with Crippen LogP contribution in [0.2, 0.25) is 10.0 Å². The van der Waals surface area contributed by atoms with Gasteiger partial charge in [-0.2, -0.15) is 0 Å². The third kappa shape index (κ3) is 4.39. The number of hydrogen-bond acceptors (Lipinski definition) is 3. The molecule has 2 rings (SSSR count). The Kier molecular flexibility index (Phi) is 5.52. The molecule has 1 aromatic carbocycles. The molecule has 0 spiro atoms. The van der Waals surface area contributed by atoms with E-state index in [0.717, 1.165) is 27.7 Å². The minimum Gasteiger partial charge on any atom is -0.327 e. The zero-order valence-electron chi connectivity index (χ0n) is 10.2. The molecule has 1 atom stereocenters. The van der Waals surface area contributed by atoms with Gasteiger partial charge in [0, 0.05) is 29.1 Å². The SMILES string of the molecule is NC(CSc1ccccc1Cl)Cc1ccncc1Cl. The van der Waals surface area contributed by atoms with Crippen LogP contribution in [0.5, 0.6) is 0 Å². The number of halogens is 2. The van der Waals surface area contributed by atoms with Crippen molar-refractivity contribution in [2.24, 2.45) is 5.73 Å². The first-order chi connectivity index (χ1) is 9.16. The van der Waals surface area contributed by atoms with Crippen LogP contribution < -0.4 is 5.73 Å². The van der Waals surface area contributed by atoms with Gasteiger partial charge in [0.05, 0.1) is 10.0 Å². The highest BCUT2D eigenvalue weighted by Gasteiger charge is 2.09. The van der Waals surface area contributed by atoms with Gasteiger partial charge in [-0.25, -0.2) is 0 Å². The van der Waals surface area contributed by atoms with Crippen LogP contribution in [-0.2, 0) is 6.42 Å². The molecule has 0 fully saturated rings. The summed E-state index contributed by atoms with van der Waals surface area (Å²) in [6.45, 7) is 0. The smallest absolute Gasteiger partial charge is 0.0621 e. The van der Waals surface area contributed by atoms with Crippen LogP contribution in [0.1, 0.15) is 5.56 Å². The summed E-state index contributed by atoms with van der Waals surface area (Å²) in [5, 5.41) is 1.43. The number of rotatable bonds is 5. The predicted octanol–water partition coefficient (Wildman–Crippen LogP) is 4.05. The fourth-order valence-electron chi connectivity index (χ4n) is 1.67. The van der Waals surface area contributed by atoms with Crippen molar-refractivity contribution in [1.29, 1.82) is 0 Å². The average molecular weight is 313 g/mol. The Morgan fingerprint density at radius 1 is 1.16 bits per heavy atom. The van der Waals surface area contributed by atoms with Crippen LogP contribution >= 0.6 is 35.0 Å². The van der Waals surface area contributed by atoms with Crippen LogP contribution in [0.15, 0.2) is 47.6 Å².